The molecule has 17 heavy (non-hydrogen) atoms. The number of halogens is 2. The van der Waals surface area contributed by atoms with Crippen molar-refractivity contribution in [2.75, 3.05) is 0 Å². The number of allylic oxidation sites excluding steroid dienone is 4. The van der Waals surface area contributed by atoms with Gasteiger partial charge in [-0.2, -0.15) is 0 Å². The van der Waals surface area contributed by atoms with Crippen molar-refractivity contribution in [2.45, 2.75) is 42.9 Å². The highest BCUT2D eigenvalue weighted by molar-refractivity contribution is 6.60. The van der Waals surface area contributed by atoms with Gasteiger partial charge in [0, 0.05) is 11.8 Å². The Morgan fingerprint density at radius 2 is 1.47 bits per heavy atom. The van der Waals surface area contributed by atoms with E-state index in [0.717, 1.165) is 38.5 Å². The fourth-order valence-corrected chi connectivity index (χ4v) is 3.50. The number of carbonyl (C=O) groups excluding carboxylic acids is 1. The van der Waals surface area contributed by atoms with E-state index in [0.29, 0.717) is 0 Å². The molecule has 0 aliphatic heterocycles. The Hall–Kier alpha value is -0.270. The first kappa shape index (κ1) is 13.2. The molecule has 0 aromatic rings. The molecule has 94 valence electrons. The summed E-state index contributed by atoms with van der Waals surface area (Å²) in [4.78, 5) is 11.8. The summed E-state index contributed by atoms with van der Waals surface area (Å²) >= 11 is 12.2. The Morgan fingerprint density at radius 1 is 0.941 bits per heavy atom. The maximum absolute atomic E-state index is 11.8. The molecule has 3 heteroatoms. The van der Waals surface area contributed by atoms with Gasteiger partial charge in [-0.25, -0.2) is 0 Å². The average Bonchev–Trinajstić information content (AvgIpc) is 2.29. The quantitative estimate of drug-likeness (QED) is 0.471. The molecule has 1 saturated carbocycles. The van der Waals surface area contributed by atoms with Crippen LogP contribution in [0.1, 0.15) is 38.5 Å². The monoisotopic (exact) mass is 272 g/mol. The van der Waals surface area contributed by atoms with Crippen LogP contribution in [0.4, 0.5) is 0 Å². The van der Waals surface area contributed by atoms with Crippen LogP contribution in [0.2, 0.25) is 0 Å². The lowest BCUT2D eigenvalue weighted by atomic mass is 9.67. The summed E-state index contributed by atoms with van der Waals surface area (Å²) < 4.78 is -1.12. The fourth-order valence-electron chi connectivity index (χ4n) is 2.70. The molecule has 0 saturated heterocycles. The summed E-state index contributed by atoms with van der Waals surface area (Å²) in [6.45, 7) is 0. The minimum atomic E-state index is -1.12. The van der Waals surface area contributed by atoms with Crippen LogP contribution in [0.5, 0.6) is 0 Å². The second kappa shape index (κ2) is 5.58. The first-order chi connectivity index (χ1) is 8.14. The first-order valence-electron chi connectivity index (χ1n) is 6.36. The van der Waals surface area contributed by atoms with Gasteiger partial charge in [0.15, 0.2) is 10.1 Å². The largest absolute Gasteiger partial charge is 0.296 e. The van der Waals surface area contributed by atoms with Crippen molar-refractivity contribution in [2.24, 2.45) is 11.8 Å². The zero-order valence-electron chi connectivity index (χ0n) is 9.87. The van der Waals surface area contributed by atoms with Crippen LogP contribution in [-0.2, 0) is 4.79 Å². The maximum atomic E-state index is 11.8. The van der Waals surface area contributed by atoms with Crippen LogP contribution in [0.25, 0.3) is 0 Å². The van der Waals surface area contributed by atoms with E-state index < -0.39 is 4.33 Å². The van der Waals surface area contributed by atoms with Gasteiger partial charge in [0.1, 0.15) is 0 Å². The van der Waals surface area contributed by atoms with Crippen LogP contribution < -0.4 is 0 Å². The fraction of sp³-hybridized carbons (Fsp3) is 0.643. The Morgan fingerprint density at radius 3 is 2.12 bits per heavy atom. The topological polar surface area (TPSA) is 17.1 Å². The summed E-state index contributed by atoms with van der Waals surface area (Å²) in [7, 11) is 0. The van der Waals surface area contributed by atoms with E-state index in [1.807, 2.05) is 0 Å². The zero-order valence-corrected chi connectivity index (χ0v) is 11.4. The van der Waals surface area contributed by atoms with Crippen LogP contribution in [0, 0.1) is 11.8 Å². The van der Waals surface area contributed by atoms with E-state index in [1.165, 1.54) is 0 Å². The molecule has 2 atom stereocenters. The van der Waals surface area contributed by atoms with Crippen molar-refractivity contribution in [1.29, 1.82) is 0 Å². The van der Waals surface area contributed by atoms with Gasteiger partial charge in [-0.3, -0.25) is 4.79 Å². The number of fused-ring (bicyclic) bond motifs is 1. The van der Waals surface area contributed by atoms with E-state index in [2.05, 4.69) is 24.3 Å². The maximum Gasteiger partial charge on any atom is 0.179 e. The lowest BCUT2D eigenvalue weighted by Crippen LogP contribution is -2.56. The molecule has 0 amide bonds. The van der Waals surface area contributed by atoms with Crippen molar-refractivity contribution in [3.8, 4) is 0 Å². The second-order valence-corrected chi connectivity index (χ2v) is 6.26. The molecule has 2 aliphatic carbocycles. The Kier molecular flexibility index (Phi) is 4.32. The minimum absolute atomic E-state index is 0.0280. The van der Waals surface area contributed by atoms with Crippen molar-refractivity contribution in [3.63, 3.8) is 0 Å². The van der Waals surface area contributed by atoms with Gasteiger partial charge < -0.3 is 0 Å². The first-order valence-corrected chi connectivity index (χ1v) is 7.11. The average molecular weight is 273 g/mol. The highest BCUT2D eigenvalue weighted by atomic mass is 35.5. The molecular weight excluding hydrogens is 255 g/mol. The van der Waals surface area contributed by atoms with Gasteiger partial charge in [0.05, 0.1) is 0 Å². The Bertz CT molecular complexity index is 344. The van der Waals surface area contributed by atoms with Gasteiger partial charge in [0.25, 0.3) is 0 Å². The number of carbonyl (C=O) groups is 1. The lowest BCUT2D eigenvalue weighted by molar-refractivity contribution is -0.136. The number of Topliss-reactive ketones (excluding diaryl/α,β-unsaturated/α-hetero) is 1. The predicted octanol–water partition coefficient (Wildman–Crippen LogP) is 4.44. The molecule has 0 N–H and O–H groups in total. The van der Waals surface area contributed by atoms with Gasteiger partial charge in [0.2, 0.25) is 0 Å². The third kappa shape index (κ3) is 2.77. The molecule has 0 aromatic carbocycles. The van der Waals surface area contributed by atoms with Crippen molar-refractivity contribution >= 4 is 29.0 Å². The SMILES string of the molecule is O=C1[C@H]2CC/C=C/CC/C=C/CC[C@H]2C1(Cl)Cl. The number of ketones is 1. The Labute approximate surface area is 113 Å². The van der Waals surface area contributed by atoms with Gasteiger partial charge >= 0.3 is 0 Å². The smallest absolute Gasteiger partial charge is 0.179 e. The molecule has 0 bridgehead atoms. The Balaban J connectivity index is 2.03. The molecule has 0 heterocycles. The van der Waals surface area contributed by atoms with Gasteiger partial charge in [-0.1, -0.05) is 47.5 Å². The summed E-state index contributed by atoms with van der Waals surface area (Å²) in [6.07, 6.45) is 14.7. The molecular formula is C14H18Cl2O. The highest BCUT2D eigenvalue weighted by Crippen LogP contribution is 2.52. The summed E-state index contributed by atoms with van der Waals surface area (Å²) in [5.74, 6) is 0.235. The van der Waals surface area contributed by atoms with E-state index in [-0.39, 0.29) is 17.6 Å². The van der Waals surface area contributed by atoms with Crippen molar-refractivity contribution < 1.29 is 4.79 Å². The third-order valence-electron chi connectivity index (χ3n) is 3.74. The van der Waals surface area contributed by atoms with Gasteiger partial charge in [-0.05, 0) is 38.5 Å². The van der Waals surface area contributed by atoms with Crippen molar-refractivity contribution in [3.05, 3.63) is 24.3 Å². The van der Waals surface area contributed by atoms with Crippen LogP contribution >= 0.6 is 23.2 Å². The van der Waals surface area contributed by atoms with E-state index in [4.69, 9.17) is 23.2 Å². The van der Waals surface area contributed by atoms with E-state index in [1.54, 1.807) is 0 Å². The van der Waals surface area contributed by atoms with Gasteiger partial charge in [-0.15, -0.1) is 0 Å². The standard InChI is InChI=1S/C14H18Cl2O/c15-14(16)12-10-8-6-4-2-1-3-5-7-9-11(12)13(14)17/h3-6,11-12H,1-2,7-10H2/b5-3+,6-4+/t11-,12+/m0/s1. The molecule has 1 fully saturated rings. The molecule has 0 aromatic heterocycles. The van der Waals surface area contributed by atoms with Crippen LogP contribution in [0.3, 0.4) is 0 Å². The zero-order chi connectivity index (χ0) is 12.3. The van der Waals surface area contributed by atoms with Crippen molar-refractivity contribution in [1.82, 2.24) is 0 Å². The number of hydrogen-bond donors (Lipinski definition) is 0. The molecule has 0 radical (unpaired) electrons. The summed E-state index contributed by atoms with van der Waals surface area (Å²) in [5.41, 5.74) is 0. The predicted molar refractivity (Wildman–Crippen MR) is 72.4 cm³/mol. The highest BCUT2D eigenvalue weighted by Gasteiger charge is 2.58. The number of hydrogen-bond acceptors (Lipinski definition) is 1. The van der Waals surface area contributed by atoms with E-state index >= 15 is 0 Å². The molecule has 0 unspecified atom stereocenters. The lowest BCUT2D eigenvalue weighted by Gasteiger charge is -2.45. The molecule has 2 aliphatic rings. The van der Waals surface area contributed by atoms with Crippen LogP contribution in [0.15, 0.2) is 24.3 Å². The third-order valence-corrected chi connectivity index (χ3v) is 4.67. The molecule has 2 rings (SSSR count). The second-order valence-electron chi connectivity index (χ2n) is 4.88. The van der Waals surface area contributed by atoms with Crippen LogP contribution in [-0.4, -0.2) is 10.1 Å². The molecule has 0 spiro atoms. The summed E-state index contributed by atoms with van der Waals surface area (Å²) in [5, 5.41) is 0. The normalized spacial score (nSPS) is 36.9. The number of alkyl halides is 2. The number of rotatable bonds is 0. The molecule has 1 nitrogen and oxygen atoms in total. The minimum Gasteiger partial charge on any atom is -0.296 e. The van der Waals surface area contributed by atoms with E-state index in [9.17, 15) is 4.79 Å². The summed E-state index contributed by atoms with van der Waals surface area (Å²) in [6, 6.07) is 0.